The molecule has 0 amide bonds. The van der Waals surface area contributed by atoms with Gasteiger partial charge in [0.15, 0.2) is 0 Å². The van der Waals surface area contributed by atoms with Crippen molar-refractivity contribution in [3.8, 4) is 17.4 Å². The van der Waals surface area contributed by atoms with Crippen molar-refractivity contribution in [1.29, 1.82) is 0 Å². The zero-order valence-electron chi connectivity index (χ0n) is 12.5. The molecular weight excluding hydrogens is 268 g/mol. The van der Waals surface area contributed by atoms with Crippen LogP contribution < -0.4 is 19.9 Å². The van der Waals surface area contributed by atoms with Crippen LogP contribution in [0.3, 0.4) is 0 Å². The monoisotopic (exact) mass is 288 g/mol. The predicted molar refractivity (Wildman–Crippen MR) is 80.7 cm³/mol. The lowest BCUT2D eigenvalue weighted by atomic mass is 10.1. The van der Waals surface area contributed by atoms with E-state index in [2.05, 4.69) is 4.98 Å². The maximum atomic E-state index is 5.96. The Balaban J connectivity index is 2.17. The zero-order valence-corrected chi connectivity index (χ0v) is 12.5. The fraction of sp³-hybridized carbons (Fsp3) is 0.312. The van der Waals surface area contributed by atoms with E-state index >= 15 is 0 Å². The highest BCUT2D eigenvalue weighted by molar-refractivity contribution is 5.42. The average Bonchev–Trinajstić information content (AvgIpc) is 2.52. The Labute approximate surface area is 124 Å². The van der Waals surface area contributed by atoms with E-state index < -0.39 is 0 Å². The molecular formula is C16H20N2O3. The van der Waals surface area contributed by atoms with Crippen LogP contribution in [0.25, 0.3) is 0 Å². The summed E-state index contributed by atoms with van der Waals surface area (Å²) in [4.78, 5) is 4.31. The van der Waals surface area contributed by atoms with Crippen LogP contribution in [-0.4, -0.2) is 19.2 Å². The van der Waals surface area contributed by atoms with Crippen LogP contribution in [0.15, 0.2) is 36.4 Å². The molecule has 2 aromatic rings. The van der Waals surface area contributed by atoms with Gasteiger partial charge in [-0.05, 0) is 19.1 Å². The van der Waals surface area contributed by atoms with Gasteiger partial charge in [-0.1, -0.05) is 12.1 Å². The number of methoxy groups -OCH3 is 2. The maximum Gasteiger partial charge on any atom is 0.213 e. The molecule has 112 valence electrons. The Morgan fingerprint density at radius 2 is 1.95 bits per heavy atom. The van der Waals surface area contributed by atoms with E-state index in [9.17, 15) is 0 Å². The van der Waals surface area contributed by atoms with Gasteiger partial charge in [0.1, 0.15) is 18.1 Å². The number of nitrogens with two attached hydrogens (primary N) is 1. The van der Waals surface area contributed by atoms with Crippen LogP contribution in [-0.2, 0) is 6.61 Å². The standard InChI is InChI=1S/C16H20N2O3/c1-11(17)14-8-7-13(19-2)9-15(14)21-10-12-5-4-6-16(18-12)20-3/h4-9,11H,10,17H2,1-3H3/t11-/m0/s1. The summed E-state index contributed by atoms with van der Waals surface area (Å²) in [6, 6.07) is 11.1. The molecule has 0 saturated heterocycles. The van der Waals surface area contributed by atoms with Crippen molar-refractivity contribution in [2.45, 2.75) is 19.6 Å². The maximum absolute atomic E-state index is 5.96. The smallest absolute Gasteiger partial charge is 0.213 e. The molecule has 2 N–H and O–H groups in total. The Kier molecular flexibility index (Phi) is 5.00. The number of hydrogen-bond acceptors (Lipinski definition) is 5. The molecule has 5 heteroatoms. The van der Waals surface area contributed by atoms with E-state index in [1.165, 1.54) is 0 Å². The molecule has 1 heterocycles. The number of hydrogen-bond donors (Lipinski definition) is 1. The quantitative estimate of drug-likeness (QED) is 0.885. The van der Waals surface area contributed by atoms with Gasteiger partial charge >= 0.3 is 0 Å². The fourth-order valence-electron chi connectivity index (χ4n) is 1.95. The van der Waals surface area contributed by atoms with Gasteiger partial charge < -0.3 is 19.9 Å². The van der Waals surface area contributed by atoms with E-state index in [-0.39, 0.29) is 6.04 Å². The molecule has 0 aliphatic heterocycles. The van der Waals surface area contributed by atoms with Crippen molar-refractivity contribution in [3.63, 3.8) is 0 Å². The molecule has 0 bridgehead atoms. The summed E-state index contributed by atoms with van der Waals surface area (Å²) in [5.41, 5.74) is 7.68. The Morgan fingerprint density at radius 3 is 2.62 bits per heavy atom. The average molecular weight is 288 g/mol. The summed E-state index contributed by atoms with van der Waals surface area (Å²) < 4.78 is 16.2. The molecule has 0 fully saturated rings. The van der Waals surface area contributed by atoms with Gasteiger partial charge in [-0.15, -0.1) is 0 Å². The number of ether oxygens (including phenoxy) is 3. The van der Waals surface area contributed by atoms with Gasteiger partial charge in [0.05, 0.1) is 19.9 Å². The third-order valence-corrected chi connectivity index (χ3v) is 3.08. The number of aromatic nitrogens is 1. The number of nitrogens with zero attached hydrogens (tertiary/aromatic N) is 1. The molecule has 0 aliphatic carbocycles. The summed E-state index contributed by atoms with van der Waals surface area (Å²) >= 11 is 0. The lowest BCUT2D eigenvalue weighted by Crippen LogP contribution is -2.08. The number of pyridine rings is 1. The van der Waals surface area contributed by atoms with E-state index in [0.29, 0.717) is 18.2 Å². The largest absolute Gasteiger partial charge is 0.497 e. The summed E-state index contributed by atoms with van der Waals surface area (Å²) in [6.07, 6.45) is 0. The number of rotatable bonds is 6. The minimum Gasteiger partial charge on any atom is -0.497 e. The first-order valence-electron chi connectivity index (χ1n) is 6.70. The first-order chi connectivity index (χ1) is 10.1. The molecule has 0 saturated carbocycles. The molecule has 0 radical (unpaired) electrons. The molecule has 0 aliphatic rings. The molecule has 2 rings (SSSR count). The Hall–Kier alpha value is -2.27. The SMILES string of the molecule is COc1ccc([C@H](C)N)c(OCc2cccc(OC)n2)c1. The van der Waals surface area contributed by atoms with Gasteiger partial charge in [-0.3, -0.25) is 0 Å². The van der Waals surface area contributed by atoms with E-state index in [1.54, 1.807) is 20.3 Å². The normalized spacial score (nSPS) is 11.8. The molecule has 0 spiro atoms. The summed E-state index contributed by atoms with van der Waals surface area (Å²) in [5.74, 6) is 2.00. The van der Waals surface area contributed by atoms with Crippen LogP contribution in [0.4, 0.5) is 0 Å². The van der Waals surface area contributed by atoms with Gasteiger partial charge in [0, 0.05) is 23.7 Å². The molecule has 21 heavy (non-hydrogen) atoms. The van der Waals surface area contributed by atoms with E-state index in [1.807, 2.05) is 37.3 Å². The second-order valence-electron chi connectivity index (χ2n) is 4.65. The topological polar surface area (TPSA) is 66.6 Å². The minimum atomic E-state index is -0.121. The third kappa shape index (κ3) is 3.86. The first kappa shape index (κ1) is 15.1. The molecule has 1 atom stereocenters. The highest BCUT2D eigenvalue weighted by Gasteiger charge is 2.10. The summed E-state index contributed by atoms with van der Waals surface area (Å²) in [5, 5.41) is 0. The van der Waals surface area contributed by atoms with Gasteiger partial charge in [-0.25, -0.2) is 4.98 Å². The van der Waals surface area contributed by atoms with Crippen molar-refractivity contribution in [2.75, 3.05) is 14.2 Å². The minimum absolute atomic E-state index is 0.121. The van der Waals surface area contributed by atoms with E-state index in [4.69, 9.17) is 19.9 Å². The van der Waals surface area contributed by atoms with Crippen molar-refractivity contribution >= 4 is 0 Å². The molecule has 1 aromatic carbocycles. The van der Waals surface area contributed by atoms with Gasteiger partial charge in [0.2, 0.25) is 5.88 Å². The summed E-state index contributed by atoms with van der Waals surface area (Å²) in [6.45, 7) is 2.25. The van der Waals surface area contributed by atoms with Gasteiger partial charge in [-0.2, -0.15) is 0 Å². The lowest BCUT2D eigenvalue weighted by Gasteiger charge is -2.15. The van der Waals surface area contributed by atoms with Crippen LogP contribution >= 0.6 is 0 Å². The number of benzene rings is 1. The molecule has 5 nitrogen and oxygen atoms in total. The van der Waals surface area contributed by atoms with Crippen molar-refractivity contribution in [3.05, 3.63) is 47.7 Å². The second kappa shape index (κ2) is 6.95. The first-order valence-corrected chi connectivity index (χ1v) is 6.70. The van der Waals surface area contributed by atoms with Gasteiger partial charge in [0.25, 0.3) is 0 Å². The molecule has 1 aromatic heterocycles. The summed E-state index contributed by atoms with van der Waals surface area (Å²) in [7, 11) is 3.21. The van der Waals surface area contributed by atoms with Crippen LogP contribution in [0.2, 0.25) is 0 Å². The Bertz CT molecular complexity index is 600. The predicted octanol–water partition coefficient (Wildman–Crippen LogP) is 2.70. The highest BCUT2D eigenvalue weighted by Crippen LogP contribution is 2.29. The van der Waals surface area contributed by atoms with Crippen LogP contribution in [0.1, 0.15) is 24.2 Å². The van der Waals surface area contributed by atoms with Crippen molar-refractivity contribution in [1.82, 2.24) is 4.98 Å². The van der Waals surface area contributed by atoms with Crippen molar-refractivity contribution in [2.24, 2.45) is 5.73 Å². The zero-order chi connectivity index (χ0) is 15.2. The third-order valence-electron chi connectivity index (χ3n) is 3.08. The van der Waals surface area contributed by atoms with E-state index in [0.717, 1.165) is 17.0 Å². The lowest BCUT2D eigenvalue weighted by molar-refractivity contribution is 0.291. The highest BCUT2D eigenvalue weighted by atomic mass is 16.5. The fourth-order valence-corrected chi connectivity index (χ4v) is 1.95. The second-order valence-corrected chi connectivity index (χ2v) is 4.65. The van der Waals surface area contributed by atoms with Crippen molar-refractivity contribution < 1.29 is 14.2 Å². The van der Waals surface area contributed by atoms with Crippen LogP contribution in [0, 0.1) is 0 Å². The van der Waals surface area contributed by atoms with Crippen LogP contribution in [0.5, 0.6) is 17.4 Å². The molecule has 0 unspecified atom stereocenters. The Morgan fingerprint density at radius 1 is 1.14 bits per heavy atom.